The van der Waals surface area contributed by atoms with Crippen molar-refractivity contribution in [2.45, 2.75) is 5.16 Å². The lowest BCUT2D eigenvalue weighted by atomic mass is 10.3. The standard InChI is InChI=1S/C15H12ClFN6OS/c16-10-3-4-12(11(17)6-10)20-13(24)8-25-15-22-21-14(23(15)18)9-2-1-5-19-7-9/h1-7H,8,18H2,(H,20,24). The van der Waals surface area contributed by atoms with E-state index in [1.54, 1.807) is 24.5 Å². The van der Waals surface area contributed by atoms with E-state index in [-0.39, 0.29) is 16.5 Å². The fraction of sp³-hybridized carbons (Fsp3) is 0.0667. The van der Waals surface area contributed by atoms with Crippen LogP contribution in [0.4, 0.5) is 10.1 Å². The number of hydrogen-bond donors (Lipinski definition) is 2. The van der Waals surface area contributed by atoms with E-state index in [1.807, 2.05) is 0 Å². The summed E-state index contributed by atoms with van der Waals surface area (Å²) in [5.74, 6) is 5.36. The van der Waals surface area contributed by atoms with Crippen LogP contribution in [0.5, 0.6) is 0 Å². The number of carbonyl (C=O) groups is 1. The van der Waals surface area contributed by atoms with Gasteiger partial charge in [-0.05, 0) is 30.3 Å². The highest BCUT2D eigenvalue weighted by atomic mass is 35.5. The van der Waals surface area contributed by atoms with Crippen LogP contribution in [0.25, 0.3) is 11.4 Å². The molecule has 7 nitrogen and oxygen atoms in total. The van der Waals surface area contributed by atoms with E-state index in [2.05, 4.69) is 20.5 Å². The van der Waals surface area contributed by atoms with Crippen molar-refractivity contribution in [2.75, 3.05) is 16.9 Å². The molecule has 1 amide bonds. The lowest BCUT2D eigenvalue weighted by Crippen LogP contribution is -2.17. The molecule has 0 saturated heterocycles. The summed E-state index contributed by atoms with van der Waals surface area (Å²) in [5, 5.41) is 11.0. The Morgan fingerprint density at radius 2 is 2.20 bits per heavy atom. The van der Waals surface area contributed by atoms with Gasteiger partial charge >= 0.3 is 0 Å². The second-order valence-electron chi connectivity index (χ2n) is 4.88. The topological polar surface area (TPSA) is 98.7 Å². The van der Waals surface area contributed by atoms with Crippen LogP contribution in [-0.2, 0) is 4.79 Å². The van der Waals surface area contributed by atoms with Gasteiger partial charge < -0.3 is 11.2 Å². The van der Waals surface area contributed by atoms with Crippen LogP contribution >= 0.6 is 23.4 Å². The maximum absolute atomic E-state index is 13.7. The number of rotatable bonds is 5. The van der Waals surface area contributed by atoms with E-state index in [0.717, 1.165) is 17.8 Å². The van der Waals surface area contributed by atoms with Crippen LogP contribution < -0.4 is 11.2 Å². The first-order valence-electron chi connectivity index (χ1n) is 7.03. The molecule has 2 aromatic heterocycles. The fourth-order valence-electron chi connectivity index (χ4n) is 1.97. The minimum absolute atomic E-state index is 0.00948. The number of pyridine rings is 1. The number of nitrogens with zero attached hydrogens (tertiary/aromatic N) is 4. The average Bonchev–Trinajstić information content (AvgIpc) is 2.97. The van der Waals surface area contributed by atoms with Crippen molar-refractivity contribution in [1.29, 1.82) is 0 Å². The molecule has 3 rings (SSSR count). The highest BCUT2D eigenvalue weighted by Gasteiger charge is 2.14. The predicted molar refractivity (Wildman–Crippen MR) is 94.2 cm³/mol. The van der Waals surface area contributed by atoms with Crippen LogP contribution in [0.2, 0.25) is 5.02 Å². The van der Waals surface area contributed by atoms with E-state index in [0.29, 0.717) is 16.5 Å². The van der Waals surface area contributed by atoms with Crippen LogP contribution in [0, 0.1) is 5.82 Å². The number of nitrogens with two attached hydrogens (primary N) is 1. The first kappa shape index (κ1) is 17.2. The monoisotopic (exact) mass is 378 g/mol. The molecule has 128 valence electrons. The van der Waals surface area contributed by atoms with Crippen molar-refractivity contribution in [3.8, 4) is 11.4 Å². The largest absolute Gasteiger partial charge is 0.335 e. The van der Waals surface area contributed by atoms with Crippen LogP contribution in [-0.4, -0.2) is 31.5 Å². The number of carbonyl (C=O) groups excluding carboxylic acids is 1. The second-order valence-corrected chi connectivity index (χ2v) is 6.26. The minimum atomic E-state index is -0.605. The van der Waals surface area contributed by atoms with E-state index in [1.165, 1.54) is 16.8 Å². The first-order valence-corrected chi connectivity index (χ1v) is 8.39. The maximum Gasteiger partial charge on any atom is 0.234 e. The minimum Gasteiger partial charge on any atom is -0.335 e. The number of aromatic nitrogens is 4. The van der Waals surface area contributed by atoms with E-state index < -0.39 is 11.7 Å². The smallest absolute Gasteiger partial charge is 0.234 e. The normalized spacial score (nSPS) is 10.6. The molecule has 25 heavy (non-hydrogen) atoms. The van der Waals surface area contributed by atoms with Gasteiger partial charge in [0.05, 0.1) is 11.4 Å². The molecule has 0 fully saturated rings. The van der Waals surface area contributed by atoms with Crippen molar-refractivity contribution in [3.63, 3.8) is 0 Å². The third-order valence-electron chi connectivity index (χ3n) is 3.12. The van der Waals surface area contributed by atoms with Gasteiger partial charge in [-0.25, -0.2) is 9.07 Å². The average molecular weight is 379 g/mol. The molecule has 0 aliphatic rings. The third-order valence-corrected chi connectivity index (χ3v) is 4.30. The molecule has 2 heterocycles. The molecule has 0 radical (unpaired) electrons. The maximum atomic E-state index is 13.7. The van der Waals surface area contributed by atoms with Gasteiger partial charge in [0.1, 0.15) is 5.82 Å². The van der Waals surface area contributed by atoms with Crippen LogP contribution in [0.3, 0.4) is 0 Å². The molecule has 0 unspecified atom stereocenters. The van der Waals surface area contributed by atoms with E-state index in [9.17, 15) is 9.18 Å². The quantitative estimate of drug-likeness (QED) is 0.523. The second kappa shape index (κ2) is 7.49. The number of benzene rings is 1. The Morgan fingerprint density at radius 1 is 1.36 bits per heavy atom. The lowest BCUT2D eigenvalue weighted by molar-refractivity contribution is -0.113. The molecular formula is C15H12ClFN6OS. The van der Waals surface area contributed by atoms with Crippen molar-refractivity contribution in [3.05, 3.63) is 53.6 Å². The molecule has 0 spiro atoms. The van der Waals surface area contributed by atoms with Crippen molar-refractivity contribution >= 4 is 35.0 Å². The van der Waals surface area contributed by atoms with Gasteiger partial charge in [-0.15, -0.1) is 10.2 Å². The van der Waals surface area contributed by atoms with Crippen LogP contribution in [0.1, 0.15) is 0 Å². The molecule has 0 aliphatic heterocycles. The Bertz CT molecular complexity index is 904. The molecule has 0 aliphatic carbocycles. The SMILES string of the molecule is Nn1c(SCC(=O)Nc2ccc(Cl)cc2F)nnc1-c1cccnc1. The summed E-state index contributed by atoms with van der Waals surface area (Å²) in [6.45, 7) is 0. The summed E-state index contributed by atoms with van der Waals surface area (Å²) >= 11 is 6.75. The number of anilines is 1. The zero-order valence-electron chi connectivity index (χ0n) is 12.7. The summed E-state index contributed by atoms with van der Waals surface area (Å²) in [7, 11) is 0. The molecule has 0 bridgehead atoms. The predicted octanol–water partition coefficient (Wildman–Crippen LogP) is 2.58. The van der Waals surface area contributed by atoms with Gasteiger partial charge in [0.2, 0.25) is 11.1 Å². The number of hydrogen-bond acceptors (Lipinski definition) is 6. The molecule has 10 heteroatoms. The number of nitrogens with one attached hydrogen (secondary N) is 1. The number of amides is 1. The number of halogens is 2. The van der Waals surface area contributed by atoms with Crippen molar-refractivity contribution < 1.29 is 9.18 Å². The zero-order chi connectivity index (χ0) is 17.8. The Morgan fingerprint density at radius 3 is 2.92 bits per heavy atom. The third kappa shape index (κ3) is 4.06. The van der Waals surface area contributed by atoms with Gasteiger partial charge in [0.15, 0.2) is 5.82 Å². The van der Waals surface area contributed by atoms with E-state index >= 15 is 0 Å². The zero-order valence-corrected chi connectivity index (χ0v) is 14.3. The molecule has 1 aromatic carbocycles. The number of thioether (sulfide) groups is 1. The highest BCUT2D eigenvalue weighted by molar-refractivity contribution is 7.99. The summed E-state index contributed by atoms with van der Waals surface area (Å²) in [6.07, 6.45) is 3.24. The van der Waals surface area contributed by atoms with Crippen LogP contribution in [0.15, 0.2) is 47.9 Å². The Hall–Kier alpha value is -2.65. The van der Waals surface area contributed by atoms with Crippen molar-refractivity contribution in [1.82, 2.24) is 19.9 Å². The Balaban J connectivity index is 1.64. The van der Waals surface area contributed by atoms with Crippen molar-refractivity contribution in [2.24, 2.45) is 0 Å². The fourth-order valence-corrected chi connectivity index (χ4v) is 2.79. The molecule has 3 aromatic rings. The van der Waals surface area contributed by atoms with Gasteiger partial charge in [0, 0.05) is 23.0 Å². The molecule has 0 atom stereocenters. The molecular weight excluding hydrogens is 367 g/mol. The van der Waals surface area contributed by atoms with Gasteiger partial charge in [-0.2, -0.15) is 0 Å². The Kier molecular flexibility index (Phi) is 5.15. The Labute approximate surface area is 151 Å². The summed E-state index contributed by atoms with van der Waals surface area (Å²) in [4.78, 5) is 16.0. The van der Waals surface area contributed by atoms with Gasteiger partial charge in [-0.3, -0.25) is 9.78 Å². The number of nitrogen functional groups attached to an aromatic ring is 1. The highest BCUT2D eigenvalue weighted by Crippen LogP contribution is 2.22. The van der Waals surface area contributed by atoms with Gasteiger partial charge in [-0.1, -0.05) is 23.4 Å². The molecule has 3 N–H and O–H groups in total. The van der Waals surface area contributed by atoms with E-state index in [4.69, 9.17) is 17.4 Å². The summed E-state index contributed by atoms with van der Waals surface area (Å²) < 4.78 is 14.9. The molecule has 0 saturated carbocycles. The first-order chi connectivity index (χ1) is 12.0. The lowest BCUT2D eigenvalue weighted by Gasteiger charge is -2.06. The summed E-state index contributed by atoms with van der Waals surface area (Å²) in [6, 6.07) is 7.56. The van der Waals surface area contributed by atoms with Gasteiger partial charge in [0.25, 0.3) is 0 Å². The summed E-state index contributed by atoms with van der Waals surface area (Å²) in [5.41, 5.74) is 0.761.